The number of benzene rings is 1. The van der Waals surface area contributed by atoms with Crippen molar-refractivity contribution in [2.24, 2.45) is 0 Å². The van der Waals surface area contributed by atoms with E-state index in [2.05, 4.69) is 31.2 Å². The van der Waals surface area contributed by atoms with E-state index in [0.29, 0.717) is 13.2 Å². The highest BCUT2D eigenvalue weighted by Gasteiger charge is 2.48. The van der Waals surface area contributed by atoms with Gasteiger partial charge in [-0.2, -0.15) is 0 Å². The quantitative estimate of drug-likeness (QED) is 0.819. The van der Waals surface area contributed by atoms with E-state index >= 15 is 0 Å². The fourth-order valence-corrected chi connectivity index (χ4v) is 3.66. The van der Waals surface area contributed by atoms with E-state index in [-0.39, 0.29) is 11.2 Å². The third-order valence-electron chi connectivity index (χ3n) is 5.13. The summed E-state index contributed by atoms with van der Waals surface area (Å²) >= 11 is 0. The Kier molecular flexibility index (Phi) is 5.17. The van der Waals surface area contributed by atoms with Gasteiger partial charge in [0.05, 0.1) is 31.0 Å². The molecule has 2 unspecified atom stereocenters. The lowest BCUT2D eigenvalue weighted by Crippen LogP contribution is -2.41. The zero-order valence-electron chi connectivity index (χ0n) is 13.7. The van der Waals surface area contributed by atoms with Crippen LogP contribution in [0.5, 0.6) is 0 Å². The van der Waals surface area contributed by atoms with Gasteiger partial charge in [0, 0.05) is 6.61 Å². The van der Waals surface area contributed by atoms with Crippen LogP contribution in [-0.2, 0) is 20.8 Å². The highest BCUT2D eigenvalue weighted by molar-refractivity contribution is 5.13. The van der Waals surface area contributed by atoms with E-state index < -0.39 is 0 Å². The fraction of sp³-hybridized carbons (Fsp3) is 0.684. The maximum Gasteiger partial charge on any atom is 0.0924 e. The van der Waals surface area contributed by atoms with Crippen LogP contribution in [0.1, 0.15) is 51.0 Å². The first kappa shape index (κ1) is 16.0. The van der Waals surface area contributed by atoms with E-state index in [1.54, 1.807) is 0 Å². The molecule has 0 aromatic heterocycles. The normalized spacial score (nSPS) is 32.2. The van der Waals surface area contributed by atoms with Crippen molar-refractivity contribution >= 4 is 0 Å². The summed E-state index contributed by atoms with van der Waals surface area (Å²) in [6.45, 7) is 5.19. The maximum absolute atomic E-state index is 6.59. The highest BCUT2D eigenvalue weighted by Crippen LogP contribution is 2.44. The van der Waals surface area contributed by atoms with Crippen LogP contribution in [0, 0.1) is 0 Å². The zero-order valence-corrected chi connectivity index (χ0v) is 13.7. The van der Waals surface area contributed by atoms with Crippen LogP contribution in [-0.4, -0.2) is 31.0 Å². The molecule has 3 nitrogen and oxygen atoms in total. The molecule has 1 aromatic rings. The average Bonchev–Trinajstić information content (AvgIpc) is 2.75. The molecule has 3 heteroatoms. The van der Waals surface area contributed by atoms with Gasteiger partial charge in [0.1, 0.15) is 0 Å². The molecule has 122 valence electrons. The minimum absolute atomic E-state index is 0.0530. The van der Waals surface area contributed by atoms with Crippen molar-refractivity contribution in [3.63, 3.8) is 0 Å². The van der Waals surface area contributed by atoms with Gasteiger partial charge in [-0.1, -0.05) is 37.3 Å². The Morgan fingerprint density at radius 2 is 1.95 bits per heavy atom. The summed E-state index contributed by atoms with van der Waals surface area (Å²) < 4.78 is 18.4. The Bertz CT molecular complexity index is 451. The summed E-state index contributed by atoms with van der Waals surface area (Å²) in [5.41, 5.74) is 1.05. The first-order chi connectivity index (χ1) is 10.8. The smallest absolute Gasteiger partial charge is 0.0924 e. The molecule has 2 aliphatic rings. The lowest BCUT2D eigenvalue weighted by molar-refractivity contribution is -0.159. The van der Waals surface area contributed by atoms with Gasteiger partial charge in [0.2, 0.25) is 0 Å². The van der Waals surface area contributed by atoms with Crippen molar-refractivity contribution in [3.05, 3.63) is 35.9 Å². The van der Waals surface area contributed by atoms with Crippen LogP contribution in [0.15, 0.2) is 30.3 Å². The predicted octanol–water partition coefficient (Wildman–Crippen LogP) is 4.10. The molecule has 22 heavy (non-hydrogen) atoms. The third-order valence-corrected chi connectivity index (χ3v) is 5.13. The molecule has 0 bridgehead atoms. The van der Waals surface area contributed by atoms with Gasteiger partial charge in [0.25, 0.3) is 0 Å². The van der Waals surface area contributed by atoms with Crippen LogP contribution in [0.25, 0.3) is 0 Å². The molecule has 2 atom stereocenters. The molecule has 0 N–H and O–H groups in total. The van der Waals surface area contributed by atoms with Crippen LogP contribution in [0.2, 0.25) is 0 Å². The number of ether oxygens (including phenoxy) is 3. The molecular formula is C19H28O3. The second kappa shape index (κ2) is 7.12. The first-order valence-corrected chi connectivity index (χ1v) is 8.66. The first-order valence-electron chi connectivity index (χ1n) is 8.66. The SMILES string of the molecule is CCC1(COCc2ccccc2)CCC2(CCCCOC2)O1. The van der Waals surface area contributed by atoms with Gasteiger partial charge in [-0.05, 0) is 44.1 Å². The van der Waals surface area contributed by atoms with Crippen molar-refractivity contribution in [2.45, 2.75) is 63.3 Å². The minimum atomic E-state index is -0.123. The van der Waals surface area contributed by atoms with Gasteiger partial charge in [-0.3, -0.25) is 0 Å². The van der Waals surface area contributed by atoms with Gasteiger partial charge in [0.15, 0.2) is 0 Å². The third kappa shape index (κ3) is 3.70. The largest absolute Gasteiger partial charge is 0.378 e. The number of rotatable bonds is 5. The van der Waals surface area contributed by atoms with E-state index in [1.807, 2.05) is 6.07 Å². The van der Waals surface area contributed by atoms with E-state index in [9.17, 15) is 0 Å². The molecule has 2 heterocycles. The average molecular weight is 304 g/mol. The molecule has 0 radical (unpaired) electrons. The summed E-state index contributed by atoms with van der Waals surface area (Å²) in [6.07, 6.45) is 6.70. The maximum atomic E-state index is 6.59. The molecule has 1 spiro atoms. The van der Waals surface area contributed by atoms with Crippen molar-refractivity contribution < 1.29 is 14.2 Å². The van der Waals surface area contributed by atoms with Crippen molar-refractivity contribution in [1.29, 1.82) is 0 Å². The predicted molar refractivity (Wildman–Crippen MR) is 86.8 cm³/mol. The Balaban J connectivity index is 1.56. The second-order valence-electron chi connectivity index (χ2n) is 6.81. The Labute approximate surface area is 134 Å². The summed E-state index contributed by atoms with van der Waals surface area (Å²) in [6, 6.07) is 10.4. The molecule has 2 aliphatic heterocycles. The Morgan fingerprint density at radius 1 is 1.09 bits per heavy atom. The molecular weight excluding hydrogens is 276 g/mol. The molecule has 2 fully saturated rings. The zero-order chi connectivity index (χ0) is 15.3. The van der Waals surface area contributed by atoms with Crippen LogP contribution in [0.4, 0.5) is 0 Å². The van der Waals surface area contributed by atoms with E-state index in [1.165, 1.54) is 12.0 Å². The molecule has 1 aromatic carbocycles. The molecule has 0 aliphatic carbocycles. The lowest BCUT2D eigenvalue weighted by Gasteiger charge is -2.34. The van der Waals surface area contributed by atoms with E-state index in [4.69, 9.17) is 14.2 Å². The molecule has 0 amide bonds. The van der Waals surface area contributed by atoms with Crippen LogP contribution in [0.3, 0.4) is 0 Å². The van der Waals surface area contributed by atoms with Crippen molar-refractivity contribution in [1.82, 2.24) is 0 Å². The monoisotopic (exact) mass is 304 g/mol. The van der Waals surface area contributed by atoms with Crippen LogP contribution < -0.4 is 0 Å². The standard InChI is InChI=1S/C19H28O3/c1-2-18(15-21-14-17-8-4-3-5-9-17)11-12-19(22-18)10-6-7-13-20-16-19/h3-5,8-9H,2,6-7,10-16H2,1H3. The van der Waals surface area contributed by atoms with E-state index in [0.717, 1.165) is 45.3 Å². The number of hydrogen-bond donors (Lipinski definition) is 0. The van der Waals surface area contributed by atoms with Gasteiger partial charge in [-0.25, -0.2) is 0 Å². The number of hydrogen-bond acceptors (Lipinski definition) is 3. The second-order valence-corrected chi connectivity index (χ2v) is 6.81. The Morgan fingerprint density at radius 3 is 2.77 bits per heavy atom. The van der Waals surface area contributed by atoms with Gasteiger partial charge < -0.3 is 14.2 Å². The highest BCUT2D eigenvalue weighted by atomic mass is 16.6. The van der Waals surface area contributed by atoms with Gasteiger partial charge in [-0.15, -0.1) is 0 Å². The molecule has 3 rings (SSSR count). The molecule has 2 saturated heterocycles. The lowest BCUT2D eigenvalue weighted by atomic mass is 9.92. The summed E-state index contributed by atoms with van der Waals surface area (Å²) in [4.78, 5) is 0. The summed E-state index contributed by atoms with van der Waals surface area (Å²) in [7, 11) is 0. The minimum Gasteiger partial charge on any atom is -0.378 e. The van der Waals surface area contributed by atoms with Crippen molar-refractivity contribution in [3.8, 4) is 0 Å². The Hall–Kier alpha value is -0.900. The fourth-order valence-electron chi connectivity index (χ4n) is 3.66. The van der Waals surface area contributed by atoms with Crippen molar-refractivity contribution in [2.75, 3.05) is 19.8 Å². The molecule has 0 saturated carbocycles. The van der Waals surface area contributed by atoms with Crippen LogP contribution >= 0.6 is 0 Å². The summed E-state index contributed by atoms with van der Waals surface area (Å²) in [5.74, 6) is 0. The summed E-state index contributed by atoms with van der Waals surface area (Å²) in [5, 5.41) is 0. The topological polar surface area (TPSA) is 27.7 Å². The van der Waals surface area contributed by atoms with Gasteiger partial charge >= 0.3 is 0 Å².